The largest absolute Gasteiger partial charge is 0.497 e. The Morgan fingerprint density at radius 2 is 1.82 bits per heavy atom. The second-order valence-electron chi connectivity index (χ2n) is 6.99. The summed E-state index contributed by atoms with van der Waals surface area (Å²) in [4.78, 5) is 14.6. The Hall–Kier alpha value is -1.55. The SMILES string of the molecule is COc1ccc(C(CNC(=O)C(C)(C)C)N2CCCC2)cc1. The number of carbonyl (C=O) groups excluding carboxylic acids is 1. The van der Waals surface area contributed by atoms with E-state index in [-0.39, 0.29) is 17.4 Å². The molecule has 122 valence electrons. The van der Waals surface area contributed by atoms with Crippen molar-refractivity contribution in [1.82, 2.24) is 10.2 Å². The number of hydrogen-bond donors (Lipinski definition) is 1. The van der Waals surface area contributed by atoms with Crippen LogP contribution >= 0.6 is 0 Å². The molecule has 4 nitrogen and oxygen atoms in total. The number of nitrogens with zero attached hydrogens (tertiary/aromatic N) is 1. The van der Waals surface area contributed by atoms with E-state index in [0.29, 0.717) is 6.54 Å². The van der Waals surface area contributed by atoms with Crippen LogP contribution in [0.15, 0.2) is 24.3 Å². The van der Waals surface area contributed by atoms with Crippen LogP contribution in [0.1, 0.15) is 45.2 Å². The monoisotopic (exact) mass is 304 g/mol. The molecule has 1 aromatic rings. The van der Waals surface area contributed by atoms with E-state index in [4.69, 9.17) is 4.74 Å². The molecule has 2 rings (SSSR count). The molecule has 1 aliphatic rings. The number of amides is 1. The van der Waals surface area contributed by atoms with Gasteiger partial charge < -0.3 is 10.1 Å². The van der Waals surface area contributed by atoms with Crippen LogP contribution in [-0.4, -0.2) is 37.6 Å². The van der Waals surface area contributed by atoms with Crippen molar-refractivity contribution in [3.8, 4) is 5.75 Å². The fourth-order valence-corrected chi connectivity index (χ4v) is 2.79. The molecule has 0 spiro atoms. The summed E-state index contributed by atoms with van der Waals surface area (Å²) in [7, 11) is 1.68. The smallest absolute Gasteiger partial charge is 0.225 e. The molecule has 0 bridgehead atoms. The van der Waals surface area contributed by atoms with Crippen LogP contribution in [0.3, 0.4) is 0 Å². The Bertz CT molecular complexity index is 485. The summed E-state index contributed by atoms with van der Waals surface area (Å²) in [6.07, 6.45) is 2.47. The van der Waals surface area contributed by atoms with Crippen LogP contribution < -0.4 is 10.1 Å². The molecular formula is C18H28N2O2. The summed E-state index contributed by atoms with van der Waals surface area (Å²) >= 11 is 0. The van der Waals surface area contributed by atoms with Gasteiger partial charge in [-0.3, -0.25) is 9.69 Å². The first-order valence-electron chi connectivity index (χ1n) is 8.08. The summed E-state index contributed by atoms with van der Waals surface area (Å²) in [6.45, 7) is 8.69. The van der Waals surface area contributed by atoms with Crippen molar-refractivity contribution in [2.45, 2.75) is 39.7 Å². The van der Waals surface area contributed by atoms with Crippen molar-refractivity contribution in [1.29, 1.82) is 0 Å². The minimum atomic E-state index is -0.352. The highest BCUT2D eigenvalue weighted by Crippen LogP contribution is 2.26. The predicted octanol–water partition coefficient (Wildman–Crippen LogP) is 2.99. The average Bonchev–Trinajstić information content (AvgIpc) is 3.01. The number of methoxy groups -OCH3 is 1. The van der Waals surface area contributed by atoms with E-state index in [1.807, 2.05) is 32.9 Å². The lowest BCUT2D eigenvalue weighted by molar-refractivity contribution is -0.128. The minimum absolute atomic E-state index is 0.102. The van der Waals surface area contributed by atoms with Crippen LogP contribution in [0.5, 0.6) is 5.75 Å². The second-order valence-corrected chi connectivity index (χ2v) is 6.99. The third-order valence-corrected chi connectivity index (χ3v) is 4.22. The molecule has 1 atom stereocenters. The number of likely N-dealkylation sites (tertiary alicyclic amines) is 1. The standard InChI is InChI=1S/C18H28N2O2/c1-18(2,3)17(21)19-13-16(20-11-5-6-12-20)14-7-9-15(22-4)10-8-14/h7-10,16H,5-6,11-13H2,1-4H3,(H,19,21). The van der Waals surface area contributed by atoms with Gasteiger partial charge in [0.1, 0.15) is 5.75 Å². The Kier molecular flexibility index (Phi) is 5.46. The first-order valence-corrected chi connectivity index (χ1v) is 8.08. The molecule has 1 unspecified atom stereocenters. The van der Waals surface area contributed by atoms with Gasteiger partial charge in [-0.2, -0.15) is 0 Å². The number of carbonyl (C=O) groups is 1. The van der Waals surface area contributed by atoms with Gasteiger partial charge in [0.05, 0.1) is 13.2 Å². The van der Waals surface area contributed by atoms with Gasteiger partial charge in [0, 0.05) is 12.0 Å². The second kappa shape index (κ2) is 7.14. The van der Waals surface area contributed by atoms with Gasteiger partial charge in [-0.05, 0) is 43.6 Å². The third kappa shape index (κ3) is 4.23. The van der Waals surface area contributed by atoms with Crippen LogP contribution in [0.2, 0.25) is 0 Å². The predicted molar refractivity (Wildman–Crippen MR) is 89.0 cm³/mol. The minimum Gasteiger partial charge on any atom is -0.497 e. The maximum atomic E-state index is 12.2. The molecule has 0 aliphatic carbocycles. The number of rotatable bonds is 5. The molecule has 1 heterocycles. The molecule has 1 aromatic carbocycles. The molecule has 0 aromatic heterocycles. The number of nitrogens with one attached hydrogen (secondary N) is 1. The molecule has 4 heteroatoms. The summed E-state index contributed by atoms with van der Waals surface area (Å²) in [5, 5.41) is 3.11. The summed E-state index contributed by atoms with van der Waals surface area (Å²) in [5.74, 6) is 0.966. The molecule has 1 amide bonds. The third-order valence-electron chi connectivity index (χ3n) is 4.22. The highest BCUT2D eigenvalue weighted by molar-refractivity contribution is 5.81. The first-order chi connectivity index (χ1) is 10.4. The lowest BCUT2D eigenvalue weighted by Crippen LogP contribution is -2.41. The van der Waals surface area contributed by atoms with E-state index in [2.05, 4.69) is 22.3 Å². The summed E-state index contributed by atoms with van der Waals surface area (Å²) in [5.41, 5.74) is 0.882. The van der Waals surface area contributed by atoms with E-state index in [9.17, 15) is 4.79 Å². The average molecular weight is 304 g/mol. The Morgan fingerprint density at radius 3 is 2.32 bits per heavy atom. The van der Waals surface area contributed by atoms with Crippen LogP contribution in [-0.2, 0) is 4.79 Å². The normalized spacial score (nSPS) is 17.3. The zero-order valence-corrected chi connectivity index (χ0v) is 14.2. The van der Waals surface area contributed by atoms with Gasteiger partial charge >= 0.3 is 0 Å². The summed E-state index contributed by atoms with van der Waals surface area (Å²) < 4.78 is 5.23. The van der Waals surface area contributed by atoms with Crippen molar-refractivity contribution in [3.63, 3.8) is 0 Å². The highest BCUT2D eigenvalue weighted by atomic mass is 16.5. The highest BCUT2D eigenvalue weighted by Gasteiger charge is 2.26. The Balaban J connectivity index is 2.10. The van der Waals surface area contributed by atoms with E-state index in [1.165, 1.54) is 18.4 Å². The van der Waals surface area contributed by atoms with E-state index < -0.39 is 0 Å². The maximum Gasteiger partial charge on any atom is 0.225 e. The molecule has 1 saturated heterocycles. The zero-order chi connectivity index (χ0) is 16.2. The number of ether oxygens (including phenoxy) is 1. The van der Waals surface area contributed by atoms with Gasteiger partial charge in [0.25, 0.3) is 0 Å². The fourth-order valence-electron chi connectivity index (χ4n) is 2.79. The Labute approximate surface area is 133 Å². The van der Waals surface area contributed by atoms with Crippen molar-refractivity contribution >= 4 is 5.91 Å². The van der Waals surface area contributed by atoms with Crippen molar-refractivity contribution in [2.75, 3.05) is 26.7 Å². The van der Waals surface area contributed by atoms with Gasteiger partial charge in [-0.15, -0.1) is 0 Å². The Morgan fingerprint density at radius 1 is 1.23 bits per heavy atom. The quantitative estimate of drug-likeness (QED) is 0.909. The molecule has 1 aliphatic heterocycles. The molecular weight excluding hydrogens is 276 g/mol. The van der Waals surface area contributed by atoms with Crippen LogP contribution in [0.25, 0.3) is 0 Å². The van der Waals surface area contributed by atoms with Crippen LogP contribution in [0, 0.1) is 5.41 Å². The fraction of sp³-hybridized carbons (Fsp3) is 0.611. The number of benzene rings is 1. The lowest BCUT2D eigenvalue weighted by atomic mass is 9.95. The zero-order valence-electron chi connectivity index (χ0n) is 14.2. The topological polar surface area (TPSA) is 41.6 Å². The molecule has 22 heavy (non-hydrogen) atoms. The molecule has 1 fully saturated rings. The van der Waals surface area contributed by atoms with Gasteiger partial charge in [0.15, 0.2) is 0 Å². The lowest BCUT2D eigenvalue weighted by Gasteiger charge is -2.29. The molecule has 0 saturated carbocycles. The van der Waals surface area contributed by atoms with Gasteiger partial charge in [0.2, 0.25) is 5.91 Å². The van der Waals surface area contributed by atoms with E-state index >= 15 is 0 Å². The molecule has 0 radical (unpaired) electrons. The van der Waals surface area contributed by atoms with E-state index in [1.54, 1.807) is 7.11 Å². The van der Waals surface area contributed by atoms with Crippen molar-refractivity contribution in [3.05, 3.63) is 29.8 Å². The van der Waals surface area contributed by atoms with Crippen LogP contribution in [0.4, 0.5) is 0 Å². The van der Waals surface area contributed by atoms with Crippen molar-refractivity contribution < 1.29 is 9.53 Å². The summed E-state index contributed by atoms with van der Waals surface area (Å²) in [6, 6.07) is 8.42. The van der Waals surface area contributed by atoms with Gasteiger partial charge in [-0.1, -0.05) is 32.9 Å². The molecule has 1 N–H and O–H groups in total. The van der Waals surface area contributed by atoms with Gasteiger partial charge in [-0.25, -0.2) is 0 Å². The number of hydrogen-bond acceptors (Lipinski definition) is 3. The van der Waals surface area contributed by atoms with Crippen molar-refractivity contribution in [2.24, 2.45) is 5.41 Å². The first kappa shape index (κ1) is 16.8. The maximum absolute atomic E-state index is 12.2. The van der Waals surface area contributed by atoms with E-state index in [0.717, 1.165) is 18.8 Å².